The Hall–Kier alpha value is -4.53. The van der Waals surface area contributed by atoms with E-state index in [0.29, 0.717) is 16.8 Å². The van der Waals surface area contributed by atoms with Crippen LogP contribution in [0.25, 0.3) is 11.8 Å². The largest absolute Gasteiger partial charge is 0.335 e. The van der Waals surface area contributed by atoms with Crippen LogP contribution in [0.4, 0.5) is 16.2 Å². The molecule has 1 fully saturated rings. The molecule has 178 valence electrons. The minimum absolute atomic E-state index is 0.00254. The first-order valence-corrected chi connectivity index (χ1v) is 11.1. The van der Waals surface area contributed by atoms with Gasteiger partial charge in [-0.05, 0) is 74.2 Å². The van der Waals surface area contributed by atoms with Gasteiger partial charge in [-0.15, -0.1) is 0 Å². The van der Waals surface area contributed by atoms with Gasteiger partial charge in [0.25, 0.3) is 17.5 Å². The van der Waals surface area contributed by atoms with Gasteiger partial charge in [-0.25, -0.2) is 9.69 Å². The summed E-state index contributed by atoms with van der Waals surface area (Å²) in [6, 6.07) is 12.6. The van der Waals surface area contributed by atoms with Gasteiger partial charge in [0, 0.05) is 29.2 Å². The molecule has 4 rings (SSSR count). The van der Waals surface area contributed by atoms with Gasteiger partial charge < -0.3 is 4.57 Å². The highest BCUT2D eigenvalue weighted by Gasteiger charge is 2.37. The van der Waals surface area contributed by atoms with E-state index in [2.05, 4.69) is 5.32 Å². The highest BCUT2D eigenvalue weighted by molar-refractivity contribution is 6.39. The van der Waals surface area contributed by atoms with Crippen molar-refractivity contribution in [2.24, 2.45) is 0 Å². The van der Waals surface area contributed by atoms with Gasteiger partial charge in [-0.2, -0.15) is 0 Å². The molecular formula is C26H24N4O5. The molecule has 0 unspecified atom stereocenters. The molecule has 0 radical (unpaired) electrons. The number of benzene rings is 2. The van der Waals surface area contributed by atoms with Crippen molar-refractivity contribution in [1.29, 1.82) is 0 Å². The fourth-order valence-corrected chi connectivity index (χ4v) is 4.24. The Bertz CT molecular complexity index is 1420. The Morgan fingerprint density at radius 2 is 1.69 bits per heavy atom. The molecule has 1 aromatic heterocycles. The highest BCUT2D eigenvalue weighted by atomic mass is 16.6. The first-order valence-electron chi connectivity index (χ1n) is 11.1. The van der Waals surface area contributed by atoms with Gasteiger partial charge in [0.05, 0.1) is 10.6 Å². The number of hydrogen-bond donors (Lipinski definition) is 1. The molecule has 3 aromatic rings. The van der Waals surface area contributed by atoms with Gasteiger partial charge in [0.1, 0.15) is 5.57 Å². The Labute approximate surface area is 201 Å². The van der Waals surface area contributed by atoms with Crippen molar-refractivity contribution < 1.29 is 19.3 Å². The summed E-state index contributed by atoms with van der Waals surface area (Å²) in [6.07, 6.45) is 2.28. The van der Waals surface area contributed by atoms with Crippen LogP contribution in [0.5, 0.6) is 0 Å². The van der Waals surface area contributed by atoms with Crippen LogP contribution >= 0.6 is 0 Å². The monoisotopic (exact) mass is 472 g/mol. The number of hydrogen-bond acceptors (Lipinski definition) is 5. The number of barbiturate groups is 1. The SMILES string of the molecule is CCc1ccc(N2C(=O)NC(=O)C(=Cc3cc(C)n(-c4ccc([N+](=O)[O-])cc4C)c3C)C2=O)cc1. The number of nitrogens with one attached hydrogen (secondary N) is 1. The van der Waals surface area contributed by atoms with Gasteiger partial charge in [-0.1, -0.05) is 19.1 Å². The predicted molar refractivity (Wildman–Crippen MR) is 131 cm³/mol. The fourth-order valence-electron chi connectivity index (χ4n) is 4.24. The Morgan fingerprint density at radius 3 is 2.29 bits per heavy atom. The number of non-ortho nitro benzene ring substituents is 1. The third-order valence-electron chi connectivity index (χ3n) is 6.11. The number of amides is 4. The number of aromatic nitrogens is 1. The Kier molecular flexibility index (Phi) is 6.09. The minimum Gasteiger partial charge on any atom is -0.318 e. The van der Waals surface area contributed by atoms with Gasteiger partial charge >= 0.3 is 6.03 Å². The number of aryl methyl sites for hydroxylation is 3. The fraction of sp³-hybridized carbons (Fsp3) is 0.192. The zero-order chi connectivity index (χ0) is 25.4. The summed E-state index contributed by atoms with van der Waals surface area (Å²) in [5, 5.41) is 13.3. The smallest absolute Gasteiger partial charge is 0.318 e. The summed E-state index contributed by atoms with van der Waals surface area (Å²) in [4.78, 5) is 49.9. The van der Waals surface area contributed by atoms with Crippen molar-refractivity contribution in [2.75, 3.05) is 4.90 Å². The molecule has 35 heavy (non-hydrogen) atoms. The molecule has 0 bridgehead atoms. The molecule has 9 nitrogen and oxygen atoms in total. The zero-order valence-corrected chi connectivity index (χ0v) is 19.8. The number of nitro benzene ring substituents is 1. The number of urea groups is 1. The molecule has 2 aromatic carbocycles. The van der Waals surface area contributed by atoms with Crippen LogP contribution in [0.1, 0.15) is 35.0 Å². The minimum atomic E-state index is -0.798. The lowest BCUT2D eigenvalue weighted by atomic mass is 10.1. The Morgan fingerprint density at radius 1 is 1.00 bits per heavy atom. The molecule has 0 spiro atoms. The molecule has 1 aliphatic heterocycles. The van der Waals surface area contributed by atoms with Crippen molar-refractivity contribution in [2.45, 2.75) is 34.1 Å². The summed E-state index contributed by atoms with van der Waals surface area (Å²) in [5.41, 5.74) is 4.90. The number of nitrogens with zero attached hydrogens (tertiary/aromatic N) is 3. The van der Waals surface area contributed by atoms with Crippen LogP contribution in [0, 0.1) is 30.9 Å². The molecule has 4 amide bonds. The standard InChI is InChI=1S/C26H24N4O5/c1-5-18-6-8-20(9-7-18)29-25(32)22(24(31)27-26(29)33)14-19-13-16(3)28(17(19)4)23-11-10-21(30(34)35)12-15(23)2/h6-14H,5H2,1-4H3,(H,27,31,33). The second kappa shape index (κ2) is 9.02. The summed E-state index contributed by atoms with van der Waals surface area (Å²) < 4.78 is 1.91. The molecular weight excluding hydrogens is 448 g/mol. The molecule has 2 heterocycles. The number of carbonyl (C=O) groups is 3. The molecule has 1 N–H and O–H groups in total. The van der Waals surface area contributed by atoms with Gasteiger partial charge in [0.2, 0.25) is 0 Å². The average Bonchev–Trinajstić information content (AvgIpc) is 3.09. The maximum absolute atomic E-state index is 13.2. The normalized spacial score (nSPS) is 15.0. The number of rotatable bonds is 5. The van der Waals surface area contributed by atoms with E-state index in [1.54, 1.807) is 25.1 Å². The lowest BCUT2D eigenvalue weighted by molar-refractivity contribution is -0.384. The summed E-state index contributed by atoms with van der Waals surface area (Å²) in [5.74, 6) is -1.47. The van der Waals surface area contributed by atoms with Gasteiger partial charge in [0.15, 0.2) is 0 Å². The maximum Gasteiger partial charge on any atom is 0.335 e. The lowest BCUT2D eigenvalue weighted by Crippen LogP contribution is -2.54. The first-order chi connectivity index (χ1) is 16.6. The third kappa shape index (κ3) is 4.23. The summed E-state index contributed by atoms with van der Waals surface area (Å²) >= 11 is 0. The van der Waals surface area contributed by atoms with E-state index in [9.17, 15) is 24.5 Å². The van der Waals surface area contributed by atoms with Crippen LogP contribution < -0.4 is 10.2 Å². The molecule has 0 aliphatic carbocycles. The van der Waals surface area contributed by atoms with E-state index in [-0.39, 0.29) is 11.3 Å². The molecule has 1 aliphatic rings. The van der Waals surface area contributed by atoms with E-state index < -0.39 is 22.8 Å². The number of anilines is 1. The molecule has 0 atom stereocenters. The predicted octanol–water partition coefficient (Wildman–Crippen LogP) is 4.54. The second-order valence-corrected chi connectivity index (χ2v) is 8.37. The van der Waals surface area contributed by atoms with Crippen LogP contribution in [-0.4, -0.2) is 27.3 Å². The van der Waals surface area contributed by atoms with Crippen molar-refractivity contribution in [3.05, 3.63) is 92.3 Å². The molecule has 0 saturated carbocycles. The average molecular weight is 473 g/mol. The third-order valence-corrected chi connectivity index (χ3v) is 6.11. The lowest BCUT2D eigenvalue weighted by Gasteiger charge is -2.26. The van der Waals surface area contributed by atoms with Crippen LogP contribution in [0.3, 0.4) is 0 Å². The van der Waals surface area contributed by atoms with Crippen molar-refractivity contribution in [1.82, 2.24) is 9.88 Å². The van der Waals surface area contributed by atoms with Crippen molar-refractivity contribution in [3.63, 3.8) is 0 Å². The Balaban J connectivity index is 1.74. The summed E-state index contributed by atoms with van der Waals surface area (Å²) in [6.45, 7) is 7.48. The molecule has 9 heteroatoms. The van der Waals surface area contributed by atoms with Crippen molar-refractivity contribution in [3.8, 4) is 5.69 Å². The quantitative estimate of drug-likeness (QED) is 0.253. The first kappa shape index (κ1) is 23.6. The van der Waals surface area contributed by atoms with Crippen LogP contribution in [-0.2, 0) is 16.0 Å². The topological polar surface area (TPSA) is 115 Å². The number of imide groups is 2. The highest BCUT2D eigenvalue weighted by Crippen LogP contribution is 2.28. The van der Waals surface area contributed by atoms with Crippen LogP contribution in [0.2, 0.25) is 0 Å². The number of nitro groups is 1. The van der Waals surface area contributed by atoms with E-state index >= 15 is 0 Å². The van der Waals surface area contributed by atoms with E-state index in [1.165, 1.54) is 18.2 Å². The number of carbonyl (C=O) groups excluding carboxylic acids is 3. The van der Waals surface area contributed by atoms with Crippen LogP contribution in [0.15, 0.2) is 54.1 Å². The van der Waals surface area contributed by atoms with E-state index in [4.69, 9.17) is 0 Å². The van der Waals surface area contributed by atoms with E-state index in [0.717, 1.165) is 34.0 Å². The summed E-state index contributed by atoms with van der Waals surface area (Å²) in [7, 11) is 0. The van der Waals surface area contributed by atoms with E-state index in [1.807, 2.05) is 43.5 Å². The molecule has 1 saturated heterocycles. The maximum atomic E-state index is 13.2. The zero-order valence-electron chi connectivity index (χ0n) is 19.8. The second-order valence-electron chi connectivity index (χ2n) is 8.37. The van der Waals surface area contributed by atoms with Crippen molar-refractivity contribution >= 4 is 35.3 Å². The van der Waals surface area contributed by atoms with Gasteiger partial charge in [-0.3, -0.25) is 25.0 Å².